The fourth-order valence-electron chi connectivity index (χ4n) is 1.65. The number of nitrogens with one attached hydrogen (secondary N) is 1. The van der Waals surface area contributed by atoms with Gasteiger partial charge in [0.2, 0.25) is 0 Å². The zero-order valence-electron chi connectivity index (χ0n) is 11.9. The van der Waals surface area contributed by atoms with Crippen LogP contribution in [0.2, 0.25) is 0 Å². The fraction of sp³-hybridized carbons (Fsp3) is 0.500. The summed E-state index contributed by atoms with van der Waals surface area (Å²) in [4.78, 5) is 14.2. The highest BCUT2D eigenvalue weighted by molar-refractivity contribution is 5.98. The van der Waals surface area contributed by atoms with Crippen LogP contribution in [0, 0.1) is 0 Å². The molecule has 0 spiro atoms. The Balaban J connectivity index is 2.68. The number of nitrogens with zero attached hydrogens (tertiary/aromatic N) is 1. The minimum Gasteiger partial charge on any atom is -0.491 e. The summed E-state index contributed by atoms with van der Waals surface area (Å²) >= 11 is 0. The Hall–Kier alpha value is -1.75. The Labute approximate surface area is 114 Å². The van der Waals surface area contributed by atoms with Gasteiger partial charge in [0.15, 0.2) is 5.75 Å². The number of ether oxygens (including phenoxy) is 1. The van der Waals surface area contributed by atoms with Crippen LogP contribution in [0.25, 0.3) is 0 Å². The standard InChI is InChI=1S/C14H23N3O2/c1-4-17(3)10-9-16-14(18)11-7-6-8-12(15)13(11)19-5-2/h6-8H,4-5,9-10,15H2,1-3H3,(H,16,18). The smallest absolute Gasteiger partial charge is 0.255 e. The third kappa shape index (κ3) is 4.44. The highest BCUT2D eigenvalue weighted by Crippen LogP contribution is 2.26. The molecule has 3 N–H and O–H groups in total. The van der Waals surface area contributed by atoms with Crippen molar-refractivity contribution < 1.29 is 9.53 Å². The second-order valence-electron chi connectivity index (χ2n) is 4.31. The Morgan fingerprint density at radius 1 is 1.42 bits per heavy atom. The molecule has 0 radical (unpaired) electrons. The normalized spacial score (nSPS) is 10.5. The van der Waals surface area contributed by atoms with E-state index in [2.05, 4.69) is 17.1 Å². The Bertz CT molecular complexity index is 421. The van der Waals surface area contributed by atoms with Gasteiger partial charge in [0, 0.05) is 13.1 Å². The average Bonchev–Trinajstić information content (AvgIpc) is 2.40. The molecule has 1 amide bonds. The molecule has 1 aromatic rings. The van der Waals surface area contributed by atoms with Crippen molar-refractivity contribution in [2.24, 2.45) is 0 Å². The van der Waals surface area contributed by atoms with Gasteiger partial charge in [-0.1, -0.05) is 13.0 Å². The minimum absolute atomic E-state index is 0.153. The molecule has 1 rings (SSSR count). The Kier molecular flexibility index (Phi) is 6.15. The molecule has 0 atom stereocenters. The van der Waals surface area contributed by atoms with E-state index < -0.39 is 0 Å². The van der Waals surface area contributed by atoms with Crippen LogP contribution in [0.1, 0.15) is 24.2 Å². The number of rotatable bonds is 7. The Morgan fingerprint density at radius 2 is 2.16 bits per heavy atom. The first-order valence-corrected chi connectivity index (χ1v) is 6.58. The van der Waals surface area contributed by atoms with Gasteiger partial charge in [0.1, 0.15) is 0 Å². The van der Waals surface area contributed by atoms with Gasteiger partial charge in [-0.2, -0.15) is 0 Å². The highest BCUT2D eigenvalue weighted by Gasteiger charge is 2.14. The van der Waals surface area contributed by atoms with E-state index in [1.165, 1.54) is 0 Å². The number of amides is 1. The van der Waals surface area contributed by atoms with E-state index in [4.69, 9.17) is 10.5 Å². The molecule has 0 heterocycles. The zero-order chi connectivity index (χ0) is 14.3. The first-order chi connectivity index (χ1) is 9.10. The second-order valence-corrected chi connectivity index (χ2v) is 4.31. The zero-order valence-corrected chi connectivity index (χ0v) is 11.9. The maximum atomic E-state index is 12.1. The van der Waals surface area contributed by atoms with Crippen molar-refractivity contribution in [1.29, 1.82) is 0 Å². The predicted octanol–water partition coefficient (Wildman–Crippen LogP) is 1.35. The molecule has 0 saturated heterocycles. The van der Waals surface area contributed by atoms with Gasteiger partial charge < -0.3 is 20.7 Å². The SMILES string of the molecule is CCOc1c(N)cccc1C(=O)NCCN(C)CC. The molecule has 0 aromatic heterocycles. The molecule has 5 heteroatoms. The maximum absolute atomic E-state index is 12.1. The predicted molar refractivity (Wildman–Crippen MR) is 77.5 cm³/mol. The van der Waals surface area contributed by atoms with Crippen LogP contribution in [-0.2, 0) is 0 Å². The van der Waals surface area contributed by atoms with Crippen molar-refractivity contribution in [1.82, 2.24) is 10.2 Å². The van der Waals surface area contributed by atoms with Crippen LogP contribution >= 0.6 is 0 Å². The number of anilines is 1. The molecular formula is C14H23N3O2. The van der Waals surface area contributed by atoms with E-state index >= 15 is 0 Å². The molecule has 0 aliphatic heterocycles. The van der Waals surface area contributed by atoms with Gasteiger partial charge in [-0.15, -0.1) is 0 Å². The van der Waals surface area contributed by atoms with Crippen LogP contribution in [0.15, 0.2) is 18.2 Å². The van der Waals surface area contributed by atoms with Crippen LogP contribution in [0.5, 0.6) is 5.75 Å². The quantitative estimate of drug-likeness (QED) is 0.730. The number of hydrogen-bond donors (Lipinski definition) is 2. The maximum Gasteiger partial charge on any atom is 0.255 e. The third-order valence-electron chi connectivity index (χ3n) is 2.90. The first-order valence-electron chi connectivity index (χ1n) is 6.58. The summed E-state index contributed by atoms with van der Waals surface area (Å²) in [6.07, 6.45) is 0. The second kappa shape index (κ2) is 7.63. The minimum atomic E-state index is -0.153. The monoisotopic (exact) mass is 265 g/mol. The lowest BCUT2D eigenvalue weighted by molar-refractivity contribution is 0.0946. The van der Waals surface area contributed by atoms with Gasteiger partial charge >= 0.3 is 0 Å². The number of carbonyl (C=O) groups is 1. The van der Waals surface area contributed by atoms with E-state index in [0.29, 0.717) is 30.2 Å². The van der Waals surface area contributed by atoms with E-state index in [1.54, 1.807) is 18.2 Å². The van der Waals surface area contributed by atoms with Crippen molar-refractivity contribution in [3.8, 4) is 5.75 Å². The van der Waals surface area contributed by atoms with Crippen molar-refractivity contribution in [3.63, 3.8) is 0 Å². The third-order valence-corrected chi connectivity index (χ3v) is 2.90. The van der Waals surface area contributed by atoms with Crippen LogP contribution in [0.4, 0.5) is 5.69 Å². The van der Waals surface area contributed by atoms with Crippen molar-refractivity contribution >= 4 is 11.6 Å². The molecule has 106 valence electrons. The summed E-state index contributed by atoms with van der Waals surface area (Å²) in [5.74, 6) is 0.312. The van der Waals surface area contributed by atoms with E-state index in [0.717, 1.165) is 13.1 Å². The number of hydrogen-bond acceptors (Lipinski definition) is 4. The lowest BCUT2D eigenvalue weighted by Crippen LogP contribution is -2.33. The largest absolute Gasteiger partial charge is 0.491 e. The first kappa shape index (κ1) is 15.3. The lowest BCUT2D eigenvalue weighted by atomic mass is 10.1. The Morgan fingerprint density at radius 3 is 2.79 bits per heavy atom. The topological polar surface area (TPSA) is 67.6 Å². The number of benzene rings is 1. The van der Waals surface area contributed by atoms with E-state index in [-0.39, 0.29) is 5.91 Å². The number of carbonyl (C=O) groups excluding carboxylic acids is 1. The van der Waals surface area contributed by atoms with Crippen molar-refractivity contribution in [3.05, 3.63) is 23.8 Å². The van der Waals surface area contributed by atoms with Gasteiger partial charge in [-0.05, 0) is 32.6 Å². The molecule has 0 aliphatic carbocycles. The van der Waals surface area contributed by atoms with Gasteiger partial charge in [0.05, 0.1) is 17.9 Å². The molecule has 19 heavy (non-hydrogen) atoms. The molecule has 0 aliphatic rings. The molecular weight excluding hydrogens is 242 g/mol. The van der Waals surface area contributed by atoms with Crippen molar-refractivity contribution in [2.45, 2.75) is 13.8 Å². The molecule has 0 fully saturated rings. The summed E-state index contributed by atoms with van der Waals surface area (Å²) in [5.41, 5.74) is 6.80. The number of nitrogen functional groups attached to an aromatic ring is 1. The van der Waals surface area contributed by atoms with Crippen LogP contribution in [0.3, 0.4) is 0 Å². The molecule has 5 nitrogen and oxygen atoms in total. The molecule has 0 unspecified atom stereocenters. The lowest BCUT2D eigenvalue weighted by Gasteiger charge is -2.15. The van der Waals surface area contributed by atoms with Crippen LogP contribution in [-0.4, -0.2) is 44.1 Å². The average molecular weight is 265 g/mol. The molecule has 0 bridgehead atoms. The summed E-state index contributed by atoms with van der Waals surface area (Å²) in [6.45, 7) is 6.79. The van der Waals surface area contributed by atoms with E-state index in [1.807, 2.05) is 14.0 Å². The van der Waals surface area contributed by atoms with E-state index in [9.17, 15) is 4.79 Å². The van der Waals surface area contributed by atoms with Crippen LogP contribution < -0.4 is 15.8 Å². The van der Waals surface area contributed by atoms with Gasteiger partial charge in [-0.3, -0.25) is 4.79 Å². The number of nitrogens with two attached hydrogens (primary N) is 1. The summed E-state index contributed by atoms with van der Waals surface area (Å²) < 4.78 is 5.44. The van der Waals surface area contributed by atoms with Gasteiger partial charge in [-0.25, -0.2) is 0 Å². The number of likely N-dealkylation sites (N-methyl/N-ethyl adjacent to an activating group) is 1. The number of para-hydroxylation sites is 1. The van der Waals surface area contributed by atoms with Gasteiger partial charge in [0.25, 0.3) is 5.91 Å². The molecule has 0 saturated carbocycles. The summed E-state index contributed by atoms with van der Waals surface area (Å²) in [7, 11) is 2.01. The highest BCUT2D eigenvalue weighted by atomic mass is 16.5. The summed E-state index contributed by atoms with van der Waals surface area (Å²) in [6, 6.07) is 5.21. The summed E-state index contributed by atoms with van der Waals surface area (Å²) in [5, 5.41) is 2.87. The molecule has 1 aromatic carbocycles. The van der Waals surface area contributed by atoms with Crippen molar-refractivity contribution in [2.75, 3.05) is 39.0 Å². The fourth-order valence-corrected chi connectivity index (χ4v) is 1.65.